The van der Waals surface area contributed by atoms with Crippen LogP contribution in [0.15, 0.2) is 54.6 Å². The molecular formula is C21H18FNO3S. The van der Waals surface area contributed by atoms with Gasteiger partial charge < -0.3 is 10.1 Å². The Morgan fingerprint density at radius 2 is 1.74 bits per heavy atom. The minimum atomic E-state index is -0.621. The normalized spacial score (nSPS) is 10.5. The first-order valence-corrected chi connectivity index (χ1v) is 9.26. The van der Waals surface area contributed by atoms with Crippen LogP contribution in [0.5, 0.6) is 0 Å². The Kier molecular flexibility index (Phi) is 5.66. The number of anilines is 1. The number of amides is 1. The summed E-state index contributed by atoms with van der Waals surface area (Å²) in [4.78, 5) is 26.0. The number of benzene rings is 2. The molecule has 0 spiro atoms. The summed E-state index contributed by atoms with van der Waals surface area (Å²) in [5.41, 5.74) is 1.76. The molecule has 1 N–H and O–H groups in total. The topological polar surface area (TPSA) is 55.4 Å². The fraction of sp³-hybridized carbons (Fsp3) is 0.143. The van der Waals surface area contributed by atoms with E-state index >= 15 is 0 Å². The summed E-state index contributed by atoms with van der Waals surface area (Å²) >= 11 is 1.26. The number of ether oxygens (including phenoxy) is 1. The van der Waals surface area contributed by atoms with E-state index in [2.05, 4.69) is 5.32 Å². The van der Waals surface area contributed by atoms with Crippen LogP contribution in [-0.4, -0.2) is 18.5 Å². The standard InChI is InChI=1S/C21H18FNO3S/c1-3-26-21(25)18-17(14-9-5-4-6-10-14)13(2)27-20(18)23-19(24)15-11-7-8-12-16(15)22/h4-12H,3H2,1-2H3,(H,23,24). The summed E-state index contributed by atoms with van der Waals surface area (Å²) in [7, 11) is 0. The fourth-order valence-electron chi connectivity index (χ4n) is 2.80. The minimum absolute atomic E-state index is 0.0837. The molecule has 0 aliphatic rings. The van der Waals surface area contributed by atoms with Gasteiger partial charge in [-0.1, -0.05) is 42.5 Å². The van der Waals surface area contributed by atoms with E-state index in [0.717, 1.165) is 10.4 Å². The molecule has 0 radical (unpaired) electrons. The molecule has 0 unspecified atom stereocenters. The second-order valence-corrected chi connectivity index (χ2v) is 6.98. The molecule has 0 atom stereocenters. The van der Waals surface area contributed by atoms with Gasteiger partial charge >= 0.3 is 5.97 Å². The van der Waals surface area contributed by atoms with Crippen molar-refractivity contribution >= 4 is 28.2 Å². The van der Waals surface area contributed by atoms with E-state index < -0.39 is 17.7 Å². The molecule has 0 saturated heterocycles. The first kappa shape index (κ1) is 18.8. The summed E-state index contributed by atoms with van der Waals surface area (Å²) < 4.78 is 19.1. The smallest absolute Gasteiger partial charge is 0.341 e. The van der Waals surface area contributed by atoms with Gasteiger partial charge in [-0.05, 0) is 31.5 Å². The zero-order valence-electron chi connectivity index (χ0n) is 14.9. The highest BCUT2D eigenvalue weighted by Crippen LogP contribution is 2.40. The van der Waals surface area contributed by atoms with Gasteiger partial charge in [0.1, 0.15) is 16.4 Å². The number of carbonyl (C=O) groups is 2. The maximum Gasteiger partial charge on any atom is 0.341 e. The summed E-state index contributed by atoms with van der Waals surface area (Å²) in [6, 6.07) is 15.1. The molecule has 0 saturated carbocycles. The van der Waals surface area contributed by atoms with Gasteiger partial charge in [0.05, 0.1) is 12.2 Å². The summed E-state index contributed by atoms with van der Waals surface area (Å²) in [5, 5.41) is 3.02. The van der Waals surface area contributed by atoms with Gasteiger partial charge in [0.15, 0.2) is 0 Å². The Labute approximate surface area is 160 Å². The zero-order chi connectivity index (χ0) is 19.4. The first-order chi connectivity index (χ1) is 13.0. The van der Waals surface area contributed by atoms with Gasteiger partial charge in [0, 0.05) is 10.4 Å². The molecule has 3 rings (SSSR count). The number of nitrogens with one attached hydrogen (secondary N) is 1. The number of carbonyl (C=O) groups excluding carboxylic acids is 2. The highest BCUT2D eigenvalue weighted by molar-refractivity contribution is 7.17. The van der Waals surface area contributed by atoms with E-state index in [4.69, 9.17) is 4.74 Å². The van der Waals surface area contributed by atoms with Crippen LogP contribution in [0.2, 0.25) is 0 Å². The lowest BCUT2D eigenvalue weighted by Gasteiger charge is -2.09. The van der Waals surface area contributed by atoms with E-state index in [0.29, 0.717) is 10.6 Å². The Morgan fingerprint density at radius 1 is 1.07 bits per heavy atom. The van der Waals surface area contributed by atoms with Crippen LogP contribution in [0.1, 0.15) is 32.5 Å². The fourth-order valence-corrected chi connectivity index (χ4v) is 3.86. The number of aryl methyl sites for hydroxylation is 1. The number of halogens is 1. The quantitative estimate of drug-likeness (QED) is 0.609. The lowest BCUT2D eigenvalue weighted by molar-refractivity contribution is 0.0529. The van der Waals surface area contributed by atoms with Crippen LogP contribution in [0, 0.1) is 12.7 Å². The Bertz CT molecular complexity index is 982. The molecule has 6 heteroatoms. The van der Waals surface area contributed by atoms with Gasteiger partial charge in [0.25, 0.3) is 5.91 Å². The van der Waals surface area contributed by atoms with Crippen molar-refractivity contribution in [1.29, 1.82) is 0 Å². The van der Waals surface area contributed by atoms with Gasteiger partial charge in [-0.2, -0.15) is 0 Å². The van der Waals surface area contributed by atoms with E-state index in [1.807, 2.05) is 37.3 Å². The Morgan fingerprint density at radius 3 is 2.41 bits per heavy atom. The number of rotatable bonds is 5. The average molecular weight is 383 g/mol. The van der Waals surface area contributed by atoms with Crippen LogP contribution in [0.25, 0.3) is 11.1 Å². The van der Waals surface area contributed by atoms with Crippen LogP contribution >= 0.6 is 11.3 Å². The molecule has 0 fully saturated rings. The van der Waals surface area contributed by atoms with E-state index in [-0.39, 0.29) is 17.7 Å². The monoisotopic (exact) mass is 383 g/mol. The van der Waals surface area contributed by atoms with Gasteiger partial charge in [0.2, 0.25) is 0 Å². The molecule has 27 heavy (non-hydrogen) atoms. The zero-order valence-corrected chi connectivity index (χ0v) is 15.7. The third kappa shape index (κ3) is 3.90. The molecule has 0 aliphatic heterocycles. The number of esters is 1. The van der Waals surface area contributed by atoms with Crippen molar-refractivity contribution in [1.82, 2.24) is 0 Å². The number of hydrogen-bond donors (Lipinski definition) is 1. The molecule has 3 aromatic rings. The molecular weight excluding hydrogens is 365 g/mol. The van der Waals surface area contributed by atoms with E-state index in [9.17, 15) is 14.0 Å². The van der Waals surface area contributed by atoms with Crippen molar-refractivity contribution in [3.05, 3.63) is 76.4 Å². The number of thiophene rings is 1. The van der Waals surface area contributed by atoms with Crippen molar-refractivity contribution in [2.75, 3.05) is 11.9 Å². The Hall–Kier alpha value is -2.99. The first-order valence-electron chi connectivity index (χ1n) is 8.44. The van der Waals surface area contributed by atoms with Crippen LogP contribution in [0.4, 0.5) is 9.39 Å². The van der Waals surface area contributed by atoms with Crippen LogP contribution in [0.3, 0.4) is 0 Å². The molecule has 138 valence electrons. The maximum absolute atomic E-state index is 13.9. The predicted molar refractivity (Wildman–Crippen MR) is 105 cm³/mol. The van der Waals surface area contributed by atoms with Crippen molar-refractivity contribution in [2.24, 2.45) is 0 Å². The lowest BCUT2D eigenvalue weighted by atomic mass is 10.0. The molecule has 0 bridgehead atoms. The highest BCUT2D eigenvalue weighted by Gasteiger charge is 2.26. The van der Waals surface area contributed by atoms with Crippen LogP contribution < -0.4 is 5.32 Å². The summed E-state index contributed by atoms with van der Waals surface area (Å²) in [6.45, 7) is 3.80. The van der Waals surface area contributed by atoms with Gasteiger partial charge in [-0.3, -0.25) is 4.79 Å². The highest BCUT2D eigenvalue weighted by atomic mass is 32.1. The molecule has 1 aromatic heterocycles. The minimum Gasteiger partial charge on any atom is -0.462 e. The van der Waals surface area contributed by atoms with Crippen molar-refractivity contribution in [3.63, 3.8) is 0 Å². The summed E-state index contributed by atoms with van der Waals surface area (Å²) in [5.74, 6) is -1.76. The van der Waals surface area contributed by atoms with Crippen molar-refractivity contribution in [2.45, 2.75) is 13.8 Å². The van der Waals surface area contributed by atoms with Gasteiger partial charge in [-0.15, -0.1) is 11.3 Å². The van der Waals surface area contributed by atoms with E-state index in [1.165, 1.54) is 29.5 Å². The molecule has 0 aliphatic carbocycles. The molecule has 1 amide bonds. The SMILES string of the molecule is CCOC(=O)c1c(NC(=O)c2ccccc2F)sc(C)c1-c1ccccc1. The van der Waals surface area contributed by atoms with Crippen molar-refractivity contribution < 1.29 is 18.7 Å². The van der Waals surface area contributed by atoms with E-state index in [1.54, 1.807) is 13.0 Å². The predicted octanol–water partition coefficient (Wildman–Crippen LogP) is 5.29. The molecule has 4 nitrogen and oxygen atoms in total. The average Bonchev–Trinajstić information content (AvgIpc) is 2.98. The Balaban J connectivity index is 2.06. The molecule has 1 heterocycles. The van der Waals surface area contributed by atoms with Crippen LogP contribution in [-0.2, 0) is 4.74 Å². The largest absolute Gasteiger partial charge is 0.462 e. The molecule has 2 aromatic carbocycles. The second-order valence-electron chi connectivity index (χ2n) is 5.76. The third-order valence-corrected chi connectivity index (χ3v) is 4.99. The number of hydrogen-bond acceptors (Lipinski definition) is 4. The second kappa shape index (κ2) is 8.14. The summed E-state index contributed by atoms with van der Waals surface area (Å²) in [6.07, 6.45) is 0. The lowest BCUT2D eigenvalue weighted by Crippen LogP contribution is -2.16. The third-order valence-electron chi connectivity index (χ3n) is 3.97. The van der Waals surface area contributed by atoms with Crippen molar-refractivity contribution in [3.8, 4) is 11.1 Å². The maximum atomic E-state index is 13.9. The van der Waals surface area contributed by atoms with Gasteiger partial charge in [-0.25, -0.2) is 9.18 Å².